The number of anilines is 1. The zero-order valence-electron chi connectivity index (χ0n) is 17.1. The van der Waals surface area contributed by atoms with E-state index in [1.165, 1.54) is 13.2 Å². The third kappa shape index (κ3) is 6.26. The number of nitrogens with one attached hydrogen (secondary N) is 1. The Morgan fingerprint density at radius 3 is 2.90 bits per heavy atom. The Balaban J connectivity index is 1.42. The Bertz CT molecular complexity index is 835. The molecular formula is C22H28ClN3O4. The average molecular weight is 434 g/mol. The second-order valence-electron chi connectivity index (χ2n) is 7.09. The van der Waals surface area contributed by atoms with Crippen molar-refractivity contribution in [1.29, 1.82) is 0 Å². The van der Waals surface area contributed by atoms with Crippen LogP contribution in [0, 0.1) is 0 Å². The van der Waals surface area contributed by atoms with E-state index in [0.717, 1.165) is 31.8 Å². The van der Waals surface area contributed by atoms with Gasteiger partial charge >= 0.3 is 0 Å². The Morgan fingerprint density at radius 1 is 1.33 bits per heavy atom. The van der Waals surface area contributed by atoms with Gasteiger partial charge in [0.15, 0.2) is 0 Å². The molecule has 1 heterocycles. The van der Waals surface area contributed by atoms with Crippen LogP contribution in [0.15, 0.2) is 42.5 Å². The molecule has 2 aromatic rings. The topological polar surface area (TPSA) is 86.0 Å². The molecule has 30 heavy (non-hydrogen) atoms. The van der Waals surface area contributed by atoms with Crippen LogP contribution in [0.2, 0.25) is 5.02 Å². The highest BCUT2D eigenvalue weighted by atomic mass is 35.5. The number of carbonyl (C=O) groups excluding carboxylic acids is 1. The Labute approximate surface area is 182 Å². The number of methoxy groups -OCH3 is 1. The monoisotopic (exact) mass is 433 g/mol. The van der Waals surface area contributed by atoms with Gasteiger partial charge < -0.3 is 25.3 Å². The predicted octanol–water partition coefficient (Wildman–Crippen LogP) is 2.83. The first-order chi connectivity index (χ1) is 14.6. The van der Waals surface area contributed by atoms with Gasteiger partial charge in [-0.1, -0.05) is 29.8 Å². The van der Waals surface area contributed by atoms with Crippen LogP contribution in [0.4, 0.5) is 5.69 Å². The normalized spacial score (nSPS) is 16.8. The number of para-hydroxylation sites is 1. The standard InChI is InChI=1S/C22H28ClN3O4/c1-28-21-13-20(24)19(23)12-18(21)22(27)25-14-17-15-26(9-11-30-17)8-5-10-29-16-6-3-2-4-7-16/h2-4,6-7,12-13,17H,5,8-11,14-15,24H2,1H3,(H,25,27). The Morgan fingerprint density at radius 2 is 2.13 bits per heavy atom. The molecule has 7 nitrogen and oxygen atoms in total. The lowest BCUT2D eigenvalue weighted by Gasteiger charge is -2.33. The number of nitrogens with zero attached hydrogens (tertiary/aromatic N) is 1. The van der Waals surface area contributed by atoms with E-state index in [-0.39, 0.29) is 12.0 Å². The molecule has 1 saturated heterocycles. The van der Waals surface area contributed by atoms with Crippen LogP contribution in [0.3, 0.4) is 0 Å². The van der Waals surface area contributed by atoms with Crippen molar-refractivity contribution in [3.05, 3.63) is 53.1 Å². The van der Waals surface area contributed by atoms with Crippen molar-refractivity contribution in [2.75, 3.05) is 52.2 Å². The summed E-state index contributed by atoms with van der Waals surface area (Å²) < 4.78 is 16.8. The highest BCUT2D eigenvalue weighted by Gasteiger charge is 2.22. The molecule has 2 aromatic carbocycles. The molecule has 1 fully saturated rings. The van der Waals surface area contributed by atoms with Crippen LogP contribution < -0.4 is 20.5 Å². The SMILES string of the molecule is COc1cc(N)c(Cl)cc1C(=O)NCC1CN(CCCOc2ccccc2)CCO1. The number of ether oxygens (including phenoxy) is 3. The minimum absolute atomic E-state index is 0.0759. The van der Waals surface area contributed by atoms with Gasteiger partial charge in [0.25, 0.3) is 5.91 Å². The first-order valence-corrected chi connectivity index (χ1v) is 10.4. The Kier molecular flexibility index (Phi) is 8.19. The van der Waals surface area contributed by atoms with Gasteiger partial charge in [0.05, 0.1) is 42.7 Å². The highest BCUT2D eigenvalue weighted by molar-refractivity contribution is 6.33. The summed E-state index contributed by atoms with van der Waals surface area (Å²) in [5.41, 5.74) is 6.49. The summed E-state index contributed by atoms with van der Waals surface area (Å²) in [7, 11) is 1.49. The summed E-state index contributed by atoms with van der Waals surface area (Å²) in [5.74, 6) is 1.00. The van der Waals surface area contributed by atoms with Crippen LogP contribution in [0.5, 0.6) is 11.5 Å². The highest BCUT2D eigenvalue weighted by Crippen LogP contribution is 2.28. The van der Waals surface area contributed by atoms with Crippen molar-refractivity contribution >= 4 is 23.2 Å². The van der Waals surface area contributed by atoms with Gasteiger partial charge in [0.2, 0.25) is 0 Å². The lowest BCUT2D eigenvalue weighted by Crippen LogP contribution is -2.47. The van der Waals surface area contributed by atoms with E-state index in [1.807, 2.05) is 30.3 Å². The minimum Gasteiger partial charge on any atom is -0.496 e. The molecule has 1 unspecified atom stereocenters. The van der Waals surface area contributed by atoms with Gasteiger partial charge in [-0.2, -0.15) is 0 Å². The van der Waals surface area contributed by atoms with Gasteiger partial charge in [0, 0.05) is 32.2 Å². The number of amides is 1. The summed E-state index contributed by atoms with van der Waals surface area (Å²) in [4.78, 5) is 14.9. The molecule has 3 N–H and O–H groups in total. The predicted molar refractivity (Wildman–Crippen MR) is 117 cm³/mol. The molecule has 0 aliphatic carbocycles. The van der Waals surface area contributed by atoms with Gasteiger partial charge in [-0.05, 0) is 24.6 Å². The molecule has 162 valence electrons. The average Bonchev–Trinajstić information content (AvgIpc) is 2.77. The quantitative estimate of drug-likeness (QED) is 0.467. The second kappa shape index (κ2) is 11.1. The van der Waals surface area contributed by atoms with Crippen molar-refractivity contribution in [1.82, 2.24) is 10.2 Å². The maximum Gasteiger partial charge on any atom is 0.255 e. The molecule has 1 atom stereocenters. The third-order valence-electron chi connectivity index (χ3n) is 4.91. The second-order valence-corrected chi connectivity index (χ2v) is 7.50. The number of carbonyl (C=O) groups is 1. The largest absolute Gasteiger partial charge is 0.496 e. The van der Waals surface area contributed by atoms with Crippen molar-refractivity contribution < 1.29 is 19.0 Å². The smallest absolute Gasteiger partial charge is 0.255 e. The zero-order valence-corrected chi connectivity index (χ0v) is 17.9. The number of hydrogen-bond donors (Lipinski definition) is 2. The number of rotatable bonds is 9. The van der Waals surface area contributed by atoms with E-state index in [1.54, 1.807) is 6.07 Å². The number of nitrogens with two attached hydrogens (primary N) is 1. The van der Waals surface area contributed by atoms with Crippen LogP contribution in [-0.4, -0.2) is 63.4 Å². The summed E-state index contributed by atoms with van der Waals surface area (Å²) in [5, 5.41) is 3.22. The number of morpholine rings is 1. The van der Waals surface area contributed by atoms with Crippen LogP contribution in [-0.2, 0) is 4.74 Å². The van der Waals surface area contributed by atoms with E-state index in [9.17, 15) is 4.79 Å². The van der Waals surface area contributed by atoms with Crippen molar-refractivity contribution in [3.63, 3.8) is 0 Å². The van der Waals surface area contributed by atoms with Gasteiger partial charge in [0.1, 0.15) is 11.5 Å². The molecule has 1 aliphatic rings. The third-order valence-corrected chi connectivity index (χ3v) is 5.23. The van der Waals surface area contributed by atoms with Gasteiger partial charge in [-0.15, -0.1) is 0 Å². The zero-order chi connectivity index (χ0) is 21.3. The van der Waals surface area contributed by atoms with Crippen molar-refractivity contribution in [2.45, 2.75) is 12.5 Å². The summed E-state index contributed by atoms with van der Waals surface area (Å²) in [6.07, 6.45) is 0.850. The fraction of sp³-hybridized carbons (Fsp3) is 0.409. The van der Waals surface area contributed by atoms with Gasteiger partial charge in [-0.3, -0.25) is 9.69 Å². The maximum atomic E-state index is 12.6. The molecule has 0 saturated carbocycles. The number of benzene rings is 2. The van der Waals surface area contributed by atoms with E-state index in [4.69, 9.17) is 31.5 Å². The molecular weight excluding hydrogens is 406 g/mol. The summed E-state index contributed by atoms with van der Waals surface area (Å²) in [6, 6.07) is 12.9. The lowest BCUT2D eigenvalue weighted by molar-refractivity contribution is -0.0274. The number of halogens is 1. The Hall–Kier alpha value is -2.48. The first-order valence-electron chi connectivity index (χ1n) is 10.00. The van der Waals surface area contributed by atoms with E-state index in [0.29, 0.717) is 41.8 Å². The van der Waals surface area contributed by atoms with E-state index >= 15 is 0 Å². The molecule has 1 aliphatic heterocycles. The summed E-state index contributed by atoms with van der Waals surface area (Å²) >= 11 is 6.05. The molecule has 0 radical (unpaired) electrons. The van der Waals surface area contributed by atoms with E-state index in [2.05, 4.69) is 10.2 Å². The molecule has 8 heteroatoms. The van der Waals surface area contributed by atoms with E-state index < -0.39 is 0 Å². The first kappa shape index (κ1) is 22.2. The lowest BCUT2D eigenvalue weighted by atomic mass is 10.1. The number of hydrogen-bond acceptors (Lipinski definition) is 6. The number of nitrogen functional groups attached to an aromatic ring is 1. The molecule has 1 amide bonds. The van der Waals surface area contributed by atoms with Crippen molar-refractivity contribution in [2.24, 2.45) is 0 Å². The minimum atomic E-state index is -0.272. The molecule has 0 aromatic heterocycles. The summed E-state index contributed by atoms with van der Waals surface area (Å²) in [6.45, 7) is 4.25. The van der Waals surface area contributed by atoms with Crippen LogP contribution in [0.1, 0.15) is 16.8 Å². The van der Waals surface area contributed by atoms with Crippen molar-refractivity contribution in [3.8, 4) is 11.5 Å². The van der Waals surface area contributed by atoms with Gasteiger partial charge in [-0.25, -0.2) is 0 Å². The van der Waals surface area contributed by atoms with Crippen LogP contribution in [0.25, 0.3) is 0 Å². The fourth-order valence-electron chi connectivity index (χ4n) is 3.32. The fourth-order valence-corrected chi connectivity index (χ4v) is 3.48. The van der Waals surface area contributed by atoms with Crippen LogP contribution >= 0.6 is 11.6 Å². The maximum absolute atomic E-state index is 12.6. The molecule has 0 spiro atoms. The molecule has 3 rings (SSSR count). The molecule has 0 bridgehead atoms.